The van der Waals surface area contributed by atoms with E-state index >= 15 is 0 Å². The lowest BCUT2D eigenvalue weighted by Crippen LogP contribution is -2.27. The molecule has 0 saturated carbocycles. The van der Waals surface area contributed by atoms with E-state index in [1.165, 1.54) is 17.0 Å². The highest BCUT2D eigenvalue weighted by molar-refractivity contribution is 7.09. The summed E-state index contributed by atoms with van der Waals surface area (Å²) in [7, 11) is 0. The monoisotopic (exact) mass is 266 g/mol. The maximum atomic E-state index is 4.70. The van der Waals surface area contributed by atoms with E-state index in [1.54, 1.807) is 11.3 Å². The van der Waals surface area contributed by atoms with Crippen molar-refractivity contribution in [2.24, 2.45) is 0 Å². The molecule has 1 aromatic heterocycles. The lowest BCUT2D eigenvalue weighted by Gasteiger charge is -2.14. The fourth-order valence-corrected chi connectivity index (χ4v) is 2.44. The van der Waals surface area contributed by atoms with E-state index in [1.807, 2.05) is 0 Å². The van der Waals surface area contributed by atoms with Crippen molar-refractivity contribution in [2.45, 2.75) is 59.4 Å². The predicted molar refractivity (Wildman–Crippen MR) is 82.2 cm³/mol. The highest BCUT2D eigenvalue weighted by atomic mass is 32.1. The number of rotatable bonds is 5. The molecule has 3 heteroatoms. The largest absolute Gasteiger partial charge is 0.311 e. The van der Waals surface area contributed by atoms with Crippen LogP contribution in [-0.4, -0.2) is 17.6 Å². The summed E-state index contributed by atoms with van der Waals surface area (Å²) < 4.78 is 0. The number of hydrogen-bond acceptors (Lipinski definition) is 3. The second-order valence-electron chi connectivity index (χ2n) is 5.89. The van der Waals surface area contributed by atoms with Gasteiger partial charge in [-0.15, -0.1) is 11.3 Å². The minimum absolute atomic E-state index is 0.150. The number of nitrogens with one attached hydrogen (secondary N) is 1. The van der Waals surface area contributed by atoms with E-state index in [0.717, 1.165) is 12.2 Å². The second kappa shape index (κ2) is 6.48. The van der Waals surface area contributed by atoms with Gasteiger partial charge in [-0.25, -0.2) is 4.98 Å². The Bertz CT molecular complexity index is 399. The first kappa shape index (κ1) is 15.4. The van der Waals surface area contributed by atoms with Crippen LogP contribution in [0.3, 0.4) is 0 Å². The fourth-order valence-electron chi connectivity index (χ4n) is 1.58. The summed E-state index contributed by atoms with van der Waals surface area (Å²) in [5.41, 5.74) is 2.58. The van der Waals surface area contributed by atoms with Gasteiger partial charge in [-0.1, -0.05) is 33.3 Å². The van der Waals surface area contributed by atoms with Gasteiger partial charge in [-0.3, -0.25) is 0 Å². The summed E-state index contributed by atoms with van der Waals surface area (Å²) in [6.07, 6.45) is 3.36. The first-order valence-electron chi connectivity index (χ1n) is 6.72. The van der Waals surface area contributed by atoms with Crippen molar-refractivity contribution < 1.29 is 0 Å². The van der Waals surface area contributed by atoms with Crippen LogP contribution in [0.15, 0.2) is 11.0 Å². The minimum atomic E-state index is 0.150. The van der Waals surface area contributed by atoms with Gasteiger partial charge >= 0.3 is 0 Å². The van der Waals surface area contributed by atoms with Gasteiger partial charge in [-0.05, 0) is 32.9 Å². The molecule has 0 aliphatic heterocycles. The number of hydrogen-bond donors (Lipinski definition) is 1. The molecule has 0 amide bonds. The summed E-state index contributed by atoms with van der Waals surface area (Å²) >= 11 is 1.75. The smallest absolute Gasteiger partial charge is 0.0985 e. The number of thiazole rings is 1. The molecule has 2 nitrogen and oxygen atoms in total. The normalized spacial score (nSPS) is 14.9. The molecule has 0 bridgehead atoms. The molecule has 18 heavy (non-hydrogen) atoms. The molecule has 1 atom stereocenters. The summed E-state index contributed by atoms with van der Waals surface area (Å²) in [5.74, 6) is 0. The van der Waals surface area contributed by atoms with Gasteiger partial charge in [0, 0.05) is 16.8 Å². The third-order valence-corrected chi connectivity index (χ3v) is 4.21. The molecule has 1 N–H and O–H groups in total. The average Bonchev–Trinajstić information content (AvgIpc) is 2.73. The quantitative estimate of drug-likeness (QED) is 0.862. The fraction of sp³-hybridized carbons (Fsp3) is 0.667. The van der Waals surface area contributed by atoms with E-state index in [9.17, 15) is 0 Å². The van der Waals surface area contributed by atoms with Crippen LogP contribution in [0.1, 0.15) is 58.7 Å². The topological polar surface area (TPSA) is 24.9 Å². The maximum Gasteiger partial charge on any atom is 0.0985 e. The third kappa shape index (κ3) is 4.54. The predicted octanol–water partition coefficient (Wildman–Crippen LogP) is 4.23. The van der Waals surface area contributed by atoms with E-state index in [0.29, 0.717) is 6.04 Å². The van der Waals surface area contributed by atoms with Gasteiger partial charge in [0.05, 0.1) is 10.7 Å². The van der Waals surface area contributed by atoms with Crippen molar-refractivity contribution in [3.8, 4) is 0 Å². The Morgan fingerprint density at radius 2 is 2.17 bits per heavy atom. The van der Waals surface area contributed by atoms with E-state index in [-0.39, 0.29) is 5.41 Å². The summed E-state index contributed by atoms with van der Waals surface area (Å²) in [4.78, 5) is 4.70. The van der Waals surface area contributed by atoms with Crippen LogP contribution in [0.2, 0.25) is 0 Å². The molecule has 1 heterocycles. The Morgan fingerprint density at radius 1 is 1.50 bits per heavy atom. The standard InChI is InChI=1S/C15H26N2S/c1-7-8-16-12(3)11(2)9-13-10-18-14(17-13)15(4,5)6/h9-10,12,16H,7-8H2,1-6H3. The molecule has 0 spiro atoms. The minimum Gasteiger partial charge on any atom is -0.311 e. The molecule has 0 aliphatic rings. The van der Waals surface area contributed by atoms with Gasteiger partial charge in [-0.2, -0.15) is 0 Å². The first-order chi connectivity index (χ1) is 8.34. The summed E-state index contributed by atoms with van der Waals surface area (Å²) in [6, 6.07) is 0.421. The Kier molecular flexibility index (Phi) is 5.54. The maximum absolute atomic E-state index is 4.70. The zero-order chi connectivity index (χ0) is 13.8. The molecule has 1 unspecified atom stereocenters. The van der Waals surface area contributed by atoms with Crippen LogP contribution in [0, 0.1) is 0 Å². The van der Waals surface area contributed by atoms with E-state index < -0.39 is 0 Å². The van der Waals surface area contributed by atoms with Gasteiger partial charge in [0.15, 0.2) is 0 Å². The summed E-state index contributed by atoms with van der Waals surface area (Å²) in [6.45, 7) is 14.3. The van der Waals surface area contributed by atoms with Gasteiger partial charge in [0.1, 0.15) is 0 Å². The molecule has 1 aromatic rings. The molecule has 0 aromatic carbocycles. The van der Waals surface area contributed by atoms with Crippen LogP contribution >= 0.6 is 11.3 Å². The van der Waals surface area contributed by atoms with E-state index in [4.69, 9.17) is 4.98 Å². The molecular weight excluding hydrogens is 240 g/mol. The SMILES string of the molecule is CCCNC(C)C(C)=Cc1csc(C(C)(C)C)n1. The van der Waals surface area contributed by atoms with Gasteiger partial charge in [0.25, 0.3) is 0 Å². The highest BCUT2D eigenvalue weighted by Crippen LogP contribution is 2.26. The van der Waals surface area contributed by atoms with E-state index in [2.05, 4.69) is 58.3 Å². The van der Waals surface area contributed by atoms with Crippen molar-refractivity contribution in [3.05, 3.63) is 21.7 Å². The lowest BCUT2D eigenvalue weighted by atomic mass is 9.98. The van der Waals surface area contributed by atoms with Crippen molar-refractivity contribution in [3.63, 3.8) is 0 Å². The van der Waals surface area contributed by atoms with Crippen molar-refractivity contribution in [2.75, 3.05) is 6.54 Å². The van der Waals surface area contributed by atoms with Crippen LogP contribution in [-0.2, 0) is 5.41 Å². The lowest BCUT2D eigenvalue weighted by molar-refractivity contribution is 0.585. The van der Waals surface area contributed by atoms with Crippen LogP contribution in [0.25, 0.3) is 6.08 Å². The zero-order valence-corrected chi connectivity index (χ0v) is 13.3. The Balaban J connectivity index is 2.73. The zero-order valence-electron chi connectivity index (χ0n) is 12.5. The Morgan fingerprint density at radius 3 is 2.67 bits per heavy atom. The molecule has 1 rings (SSSR count). The van der Waals surface area contributed by atoms with Crippen LogP contribution in [0.4, 0.5) is 0 Å². The molecular formula is C15H26N2S. The first-order valence-corrected chi connectivity index (χ1v) is 7.60. The second-order valence-corrected chi connectivity index (χ2v) is 6.75. The van der Waals surface area contributed by atoms with Crippen molar-refractivity contribution >= 4 is 17.4 Å². The molecule has 0 saturated heterocycles. The van der Waals surface area contributed by atoms with Crippen molar-refractivity contribution in [1.82, 2.24) is 10.3 Å². The average molecular weight is 266 g/mol. The van der Waals surface area contributed by atoms with Gasteiger partial charge < -0.3 is 5.32 Å². The molecule has 0 radical (unpaired) electrons. The highest BCUT2D eigenvalue weighted by Gasteiger charge is 2.17. The Hall–Kier alpha value is -0.670. The number of nitrogens with zero attached hydrogens (tertiary/aromatic N) is 1. The van der Waals surface area contributed by atoms with Crippen molar-refractivity contribution in [1.29, 1.82) is 0 Å². The molecule has 102 valence electrons. The summed E-state index contributed by atoms with van der Waals surface area (Å²) in [5, 5.41) is 6.85. The van der Waals surface area contributed by atoms with Crippen LogP contribution in [0.5, 0.6) is 0 Å². The number of aromatic nitrogens is 1. The van der Waals surface area contributed by atoms with Crippen LogP contribution < -0.4 is 5.32 Å². The Labute approximate surface area is 116 Å². The molecule has 0 aliphatic carbocycles. The van der Waals surface area contributed by atoms with Gasteiger partial charge in [0.2, 0.25) is 0 Å². The molecule has 0 fully saturated rings. The third-order valence-electron chi connectivity index (χ3n) is 2.92.